The lowest BCUT2D eigenvalue weighted by Gasteiger charge is -2.12. The summed E-state index contributed by atoms with van der Waals surface area (Å²) in [7, 11) is 1.52. The number of benzene rings is 1. The lowest BCUT2D eigenvalue weighted by molar-refractivity contribution is -0.150. The minimum atomic E-state index is -1.09. The van der Waals surface area contributed by atoms with E-state index in [1.54, 1.807) is 25.1 Å². The molecule has 1 fully saturated rings. The van der Waals surface area contributed by atoms with Gasteiger partial charge in [0.1, 0.15) is 27.7 Å². The number of rotatable bonds is 4. The summed E-state index contributed by atoms with van der Waals surface area (Å²) in [6.07, 6.45) is 0.344. The Labute approximate surface area is 142 Å². The van der Waals surface area contributed by atoms with Crippen molar-refractivity contribution in [2.24, 2.45) is 5.41 Å². The fraction of sp³-hybridized carbons (Fsp3) is 0.375. The van der Waals surface area contributed by atoms with Gasteiger partial charge in [0.15, 0.2) is 0 Å². The van der Waals surface area contributed by atoms with E-state index in [1.165, 1.54) is 13.2 Å². The molecule has 1 saturated carbocycles. The minimum Gasteiger partial charge on any atom is -0.497 e. The first-order valence-corrected chi connectivity index (χ1v) is 7.68. The predicted octanol–water partition coefficient (Wildman–Crippen LogP) is 3.43. The van der Waals surface area contributed by atoms with Crippen molar-refractivity contribution in [1.29, 1.82) is 0 Å². The molecule has 1 heterocycles. The van der Waals surface area contributed by atoms with Gasteiger partial charge in [-0.05, 0) is 19.1 Å². The molecule has 0 spiro atoms. The first-order chi connectivity index (χ1) is 10.8. The van der Waals surface area contributed by atoms with Gasteiger partial charge in [0, 0.05) is 29.5 Å². The maximum Gasteiger partial charge on any atom is 0.336 e. The summed E-state index contributed by atoms with van der Waals surface area (Å²) < 4.78 is 14.4. The molecular formula is C16H14Cl2O5. The lowest BCUT2D eigenvalue weighted by atomic mass is 10.1. The fourth-order valence-electron chi connectivity index (χ4n) is 2.38. The second kappa shape index (κ2) is 5.42. The summed E-state index contributed by atoms with van der Waals surface area (Å²) in [5, 5.41) is 0.669. The van der Waals surface area contributed by atoms with Gasteiger partial charge < -0.3 is 13.9 Å². The third kappa shape index (κ3) is 2.79. The van der Waals surface area contributed by atoms with Gasteiger partial charge in [-0.15, -0.1) is 23.2 Å². The zero-order chi connectivity index (χ0) is 16.8. The molecule has 1 aromatic heterocycles. The molecule has 1 aliphatic rings. The number of carbonyl (C=O) groups excluding carboxylic acids is 1. The molecule has 7 heteroatoms. The van der Waals surface area contributed by atoms with Crippen LogP contribution in [0.5, 0.6) is 5.75 Å². The summed E-state index contributed by atoms with van der Waals surface area (Å²) in [5.41, 5.74) is -0.525. The Morgan fingerprint density at radius 2 is 2.04 bits per heavy atom. The molecule has 0 unspecified atom stereocenters. The van der Waals surface area contributed by atoms with Crippen LogP contribution in [-0.4, -0.2) is 17.4 Å². The van der Waals surface area contributed by atoms with Gasteiger partial charge in [-0.2, -0.15) is 0 Å². The summed E-state index contributed by atoms with van der Waals surface area (Å²) in [5.74, 6) is 0.0757. The molecule has 0 saturated heterocycles. The van der Waals surface area contributed by atoms with Crippen LogP contribution in [0.15, 0.2) is 33.5 Å². The van der Waals surface area contributed by atoms with Crippen LogP contribution in [-0.2, 0) is 16.1 Å². The first-order valence-electron chi connectivity index (χ1n) is 6.93. The average molecular weight is 357 g/mol. The van der Waals surface area contributed by atoms with Crippen LogP contribution in [0.25, 0.3) is 11.0 Å². The molecule has 0 amide bonds. The highest BCUT2D eigenvalue weighted by atomic mass is 35.5. The SMILES string of the molecule is COc1ccc2c(COC(=O)[C@]3(C)CC3(Cl)Cl)cc(=O)oc2c1. The molecule has 23 heavy (non-hydrogen) atoms. The van der Waals surface area contributed by atoms with Gasteiger partial charge >= 0.3 is 11.6 Å². The van der Waals surface area contributed by atoms with E-state index in [0.29, 0.717) is 28.7 Å². The van der Waals surface area contributed by atoms with E-state index in [4.69, 9.17) is 37.1 Å². The smallest absolute Gasteiger partial charge is 0.336 e. The van der Waals surface area contributed by atoms with E-state index < -0.39 is 21.3 Å². The fourth-order valence-corrected chi connectivity index (χ4v) is 3.07. The minimum absolute atomic E-state index is 0.0628. The maximum absolute atomic E-state index is 12.1. The molecule has 0 bridgehead atoms. The number of halogens is 2. The molecule has 3 rings (SSSR count). The van der Waals surface area contributed by atoms with Gasteiger partial charge in [0.25, 0.3) is 0 Å². The van der Waals surface area contributed by atoms with Crippen molar-refractivity contribution in [3.63, 3.8) is 0 Å². The van der Waals surface area contributed by atoms with Crippen LogP contribution in [0.2, 0.25) is 0 Å². The largest absolute Gasteiger partial charge is 0.497 e. The molecular weight excluding hydrogens is 343 g/mol. The van der Waals surface area contributed by atoms with Crippen LogP contribution in [0, 0.1) is 5.41 Å². The van der Waals surface area contributed by atoms with E-state index in [-0.39, 0.29) is 6.61 Å². The summed E-state index contributed by atoms with van der Waals surface area (Å²) in [6.45, 7) is 1.59. The highest BCUT2D eigenvalue weighted by Crippen LogP contribution is 2.64. The quantitative estimate of drug-likeness (QED) is 0.477. The van der Waals surface area contributed by atoms with E-state index in [0.717, 1.165) is 0 Å². The molecule has 0 aliphatic heterocycles. The topological polar surface area (TPSA) is 65.7 Å². The molecule has 0 N–H and O–H groups in total. The Hall–Kier alpha value is -1.72. The number of ether oxygens (including phenoxy) is 2. The predicted molar refractivity (Wildman–Crippen MR) is 86.0 cm³/mol. The highest BCUT2D eigenvalue weighted by Gasteiger charge is 2.69. The third-order valence-corrected chi connectivity index (χ3v) is 5.21. The number of carbonyl (C=O) groups is 1. The molecule has 2 aromatic rings. The van der Waals surface area contributed by atoms with Gasteiger partial charge in [-0.1, -0.05) is 0 Å². The normalized spacial score (nSPS) is 21.9. The second-order valence-electron chi connectivity index (χ2n) is 5.74. The number of methoxy groups -OCH3 is 1. The Bertz CT molecular complexity index is 842. The first kappa shape index (κ1) is 16.1. The number of esters is 1. The maximum atomic E-state index is 12.1. The van der Waals surface area contributed by atoms with Gasteiger partial charge in [-0.3, -0.25) is 4.79 Å². The van der Waals surface area contributed by atoms with Crippen LogP contribution in [0.3, 0.4) is 0 Å². The van der Waals surface area contributed by atoms with Crippen molar-refractivity contribution in [3.05, 3.63) is 40.2 Å². The van der Waals surface area contributed by atoms with E-state index in [9.17, 15) is 9.59 Å². The Morgan fingerprint density at radius 1 is 1.35 bits per heavy atom. The number of alkyl halides is 2. The van der Waals surface area contributed by atoms with Gasteiger partial charge in [-0.25, -0.2) is 4.79 Å². The van der Waals surface area contributed by atoms with Crippen LogP contribution < -0.4 is 10.4 Å². The number of hydrogen-bond donors (Lipinski definition) is 0. The van der Waals surface area contributed by atoms with E-state index in [2.05, 4.69) is 0 Å². The Kier molecular flexibility index (Phi) is 3.81. The molecule has 0 radical (unpaired) electrons. The number of hydrogen-bond acceptors (Lipinski definition) is 5. The lowest BCUT2D eigenvalue weighted by Crippen LogP contribution is -2.21. The van der Waals surface area contributed by atoms with Crippen molar-refractivity contribution < 1.29 is 18.7 Å². The number of fused-ring (bicyclic) bond motifs is 1. The Morgan fingerprint density at radius 3 is 2.65 bits per heavy atom. The van der Waals surface area contributed by atoms with Crippen molar-refractivity contribution in [1.82, 2.24) is 0 Å². The van der Waals surface area contributed by atoms with Crippen LogP contribution in [0.4, 0.5) is 0 Å². The van der Waals surface area contributed by atoms with Crippen molar-refractivity contribution in [3.8, 4) is 5.75 Å². The summed E-state index contributed by atoms with van der Waals surface area (Å²) in [4.78, 5) is 23.8. The van der Waals surface area contributed by atoms with E-state index in [1.807, 2.05) is 0 Å². The second-order valence-corrected chi connectivity index (χ2v) is 7.23. The molecule has 1 atom stereocenters. The van der Waals surface area contributed by atoms with Crippen molar-refractivity contribution >= 4 is 40.1 Å². The average Bonchev–Trinajstić information content (AvgIpc) is 3.03. The highest BCUT2D eigenvalue weighted by molar-refractivity contribution is 6.53. The van der Waals surface area contributed by atoms with Crippen molar-refractivity contribution in [2.45, 2.75) is 24.3 Å². The Balaban J connectivity index is 1.86. The third-order valence-electron chi connectivity index (χ3n) is 4.10. The monoisotopic (exact) mass is 356 g/mol. The summed E-state index contributed by atoms with van der Waals surface area (Å²) in [6, 6.07) is 6.38. The van der Waals surface area contributed by atoms with Gasteiger partial charge in [0.2, 0.25) is 0 Å². The molecule has 1 aliphatic carbocycles. The van der Waals surface area contributed by atoms with E-state index >= 15 is 0 Å². The summed E-state index contributed by atoms with van der Waals surface area (Å²) >= 11 is 11.9. The van der Waals surface area contributed by atoms with Gasteiger partial charge in [0.05, 0.1) is 7.11 Å². The molecule has 5 nitrogen and oxygen atoms in total. The molecule has 122 valence electrons. The standard InChI is InChI=1S/C16H14Cl2O5/c1-15(8-16(15,17)18)14(20)22-7-9-5-13(19)23-12-6-10(21-2)3-4-11(9)12/h3-6H,7-8H2,1-2H3/t15-/m0/s1. The molecule has 1 aromatic carbocycles. The van der Waals surface area contributed by atoms with Crippen LogP contribution >= 0.6 is 23.2 Å². The van der Waals surface area contributed by atoms with Crippen LogP contribution in [0.1, 0.15) is 18.9 Å². The zero-order valence-corrected chi connectivity index (χ0v) is 14.0. The van der Waals surface area contributed by atoms with Crippen molar-refractivity contribution in [2.75, 3.05) is 7.11 Å². The zero-order valence-electron chi connectivity index (χ0n) is 12.5.